The van der Waals surface area contributed by atoms with Gasteiger partial charge in [-0.05, 0) is 37.3 Å². The third kappa shape index (κ3) is 4.19. The van der Waals surface area contributed by atoms with E-state index in [0.29, 0.717) is 28.7 Å². The number of hydrogen-bond donors (Lipinski definition) is 4. The van der Waals surface area contributed by atoms with Crippen molar-refractivity contribution in [3.8, 4) is 11.4 Å². The summed E-state index contributed by atoms with van der Waals surface area (Å²) in [4.78, 5) is 32.9. The summed E-state index contributed by atoms with van der Waals surface area (Å²) in [5.74, 6) is -0.0539. The molecule has 0 atom stereocenters. The van der Waals surface area contributed by atoms with Gasteiger partial charge >= 0.3 is 11.8 Å². The topological polar surface area (TPSA) is 125 Å². The molecule has 4 N–H and O–H groups in total. The number of carbonyl (C=O) groups excluding carboxylic acids is 2. The largest absolute Gasteiger partial charge is 0.327 e. The maximum Gasteiger partial charge on any atom is 0.327 e. The van der Waals surface area contributed by atoms with Crippen LogP contribution in [0.2, 0.25) is 0 Å². The highest BCUT2D eigenvalue weighted by Gasteiger charge is 2.14. The van der Waals surface area contributed by atoms with Gasteiger partial charge in [-0.1, -0.05) is 30.3 Å². The van der Waals surface area contributed by atoms with Crippen LogP contribution in [0.3, 0.4) is 0 Å². The first-order valence-electron chi connectivity index (χ1n) is 8.81. The molecule has 4 aromatic rings. The molecule has 0 saturated carbocycles. The molecular weight excluding hydrogens is 370 g/mol. The van der Waals surface area contributed by atoms with Crippen molar-refractivity contribution >= 4 is 34.2 Å². The lowest BCUT2D eigenvalue weighted by Gasteiger charge is -2.09. The van der Waals surface area contributed by atoms with Crippen molar-refractivity contribution in [3.05, 3.63) is 66.5 Å². The van der Waals surface area contributed by atoms with Crippen LogP contribution >= 0.6 is 0 Å². The lowest BCUT2D eigenvalue weighted by atomic mass is 10.2. The fourth-order valence-corrected chi connectivity index (χ4v) is 2.71. The van der Waals surface area contributed by atoms with Gasteiger partial charge in [-0.15, -0.1) is 0 Å². The fraction of sp³-hybridized carbons (Fsp3) is 0.0500. The Morgan fingerprint density at radius 1 is 0.931 bits per heavy atom. The van der Waals surface area contributed by atoms with E-state index in [1.165, 1.54) is 0 Å². The molecule has 2 aromatic heterocycles. The summed E-state index contributed by atoms with van der Waals surface area (Å²) in [6.45, 7) is 1.80. The van der Waals surface area contributed by atoms with Gasteiger partial charge in [0, 0.05) is 16.6 Å². The number of benzene rings is 2. The monoisotopic (exact) mass is 387 g/mol. The van der Waals surface area contributed by atoms with Crippen molar-refractivity contribution in [2.45, 2.75) is 6.92 Å². The molecule has 2 heterocycles. The highest BCUT2D eigenvalue weighted by molar-refractivity contribution is 6.39. The SMILES string of the molecule is Cc1nc(-c2cccc(NC(=O)C(=O)NNc3ccc4ccccc4n3)c2)n[nH]1. The van der Waals surface area contributed by atoms with Crippen LogP contribution in [0, 0.1) is 6.92 Å². The van der Waals surface area contributed by atoms with Crippen molar-refractivity contribution in [2.24, 2.45) is 0 Å². The minimum atomic E-state index is -0.848. The van der Waals surface area contributed by atoms with Crippen molar-refractivity contribution in [3.63, 3.8) is 0 Å². The highest BCUT2D eigenvalue weighted by Crippen LogP contribution is 2.19. The standard InChI is InChI=1S/C20H17N7O2/c1-12-21-18(26-24-12)14-6-4-7-15(11-14)22-19(28)20(29)27-25-17-10-9-13-5-2-3-8-16(13)23-17/h2-11H,1H3,(H,22,28)(H,23,25)(H,27,29)(H,21,24,26). The zero-order valence-electron chi connectivity index (χ0n) is 15.4. The fourth-order valence-electron chi connectivity index (χ4n) is 2.71. The Morgan fingerprint density at radius 2 is 1.79 bits per heavy atom. The van der Waals surface area contributed by atoms with Crippen LogP contribution in [0.5, 0.6) is 0 Å². The molecule has 2 amide bonds. The summed E-state index contributed by atoms with van der Waals surface area (Å²) in [7, 11) is 0. The number of H-pyrrole nitrogens is 1. The summed E-state index contributed by atoms with van der Waals surface area (Å²) in [6.07, 6.45) is 0. The Bertz CT molecular complexity index is 1200. The summed E-state index contributed by atoms with van der Waals surface area (Å²) in [5, 5.41) is 10.4. The number of aromatic nitrogens is 4. The number of pyridine rings is 1. The Balaban J connectivity index is 1.38. The number of nitrogens with zero attached hydrogens (tertiary/aromatic N) is 3. The molecule has 9 nitrogen and oxygen atoms in total. The molecule has 0 spiro atoms. The second-order valence-electron chi connectivity index (χ2n) is 6.25. The van der Waals surface area contributed by atoms with Gasteiger partial charge in [-0.2, -0.15) is 5.10 Å². The van der Waals surface area contributed by atoms with E-state index in [1.807, 2.05) is 36.4 Å². The van der Waals surface area contributed by atoms with Gasteiger partial charge in [0.05, 0.1) is 5.52 Å². The molecule has 29 heavy (non-hydrogen) atoms. The number of nitrogens with one attached hydrogen (secondary N) is 4. The maximum atomic E-state index is 12.2. The summed E-state index contributed by atoms with van der Waals surface area (Å²) >= 11 is 0. The Labute approximate surface area is 165 Å². The van der Waals surface area contributed by atoms with E-state index >= 15 is 0 Å². The van der Waals surface area contributed by atoms with Crippen molar-refractivity contribution in [1.82, 2.24) is 25.6 Å². The number of aromatic amines is 1. The first-order valence-corrected chi connectivity index (χ1v) is 8.81. The molecule has 0 bridgehead atoms. The lowest BCUT2D eigenvalue weighted by molar-refractivity contribution is -0.135. The van der Waals surface area contributed by atoms with Crippen LogP contribution in [-0.2, 0) is 9.59 Å². The minimum absolute atomic E-state index is 0.423. The second-order valence-corrected chi connectivity index (χ2v) is 6.25. The molecule has 144 valence electrons. The Morgan fingerprint density at radius 3 is 2.62 bits per heavy atom. The predicted molar refractivity (Wildman–Crippen MR) is 109 cm³/mol. The lowest BCUT2D eigenvalue weighted by Crippen LogP contribution is -2.39. The van der Waals surface area contributed by atoms with Gasteiger partial charge in [0.25, 0.3) is 0 Å². The average molecular weight is 387 g/mol. The molecule has 0 unspecified atom stereocenters. The number of anilines is 2. The second kappa shape index (κ2) is 7.77. The van der Waals surface area contributed by atoms with Crippen LogP contribution in [0.1, 0.15) is 5.82 Å². The van der Waals surface area contributed by atoms with Gasteiger partial charge in [-0.3, -0.25) is 25.5 Å². The van der Waals surface area contributed by atoms with E-state index < -0.39 is 11.8 Å². The van der Waals surface area contributed by atoms with E-state index in [9.17, 15) is 9.59 Å². The third-order valence-electron chi connectivity index (χ3n) is 4.08. The van der Waals surface area contributed by atoms with Gasteiger partial charge in [0.15, 0.2) is 5.82 Å². The van der Waals surface area contributed by atoms with Crippen molar-refractivity contribution in [2.75, 3.05) is 10.7 Å². The minimum Gasteiger partial charge on any atom is -0.318 e. The summed E-state index contributed by atoms with van der Waals surface area (Å²) < 4.78 is 0. The van der Waals surface area contributed by atoms with Crippen LogP contribution < -0.4 is 16.2 Å². The maximum absolute atomic E-state index is 12.2. The number of carbonyl (C=O) groups is 2. The van der Waals surface area contributed by atoms with Crippen LogP contribution in [0.15, 0.2) is 60.7 Å². The number of para-hydroxylation sites is 1. The Hall–Kier alpha value is -4.27. The smallest absolute Gasteiger partial charge is 0.318 e. The molecule has 9 heteroatoms. The zero-order valence-corrected chi connectivity index (χ0v) is 15.4. The van der Waals surface area contributed by atoms with Gasteiger partial charge < -0.3 is 5.32 Å². The average Bonchev–Trinajstić information content (AvgIpc) is 3.18. The molecule has 0 saturated heterocycles. The number of fused-ring (bicyclic) bond motifs is 1. The molecule has 0 aliphatic heterocycles. The molecule has 0 aliphatic rings. The van der Waals surface area contributed by atoms with E-state index in [-0.39, 0.29) is 0 Å². The summed E-state index contributed by atoms with van der Waals surface area (Å²) in [5.41, 5.74) is 6.93. The molecule has 4 rings (SSSR count). The van der Waals surface area contributed by atoms with Crippen LogP contribution in [-0.4, -0.2) is 32.0 Å². The predicted octanol–water partition coefficient (Wildman–Crippen LogP) is 2.41. The zero-order chi connectivity index (χ0) is 20.2. The normalized spacial score (nSPS) is 10.5. The number of hydrazine groups is 1. The van der Waals surface area contributed by atoms with E-state index in [1.54, 1.807) is 31.2 Å². The molecular formula is C20H17N7O2. The van der Waals surface area contributed by atoms with E-state index in [2.05, 4.69) is 36.3 Å². The van der Waals surface area contributed by atoms with Gasteiger partial charge in [0.2, 0.25) is 0 Å². The van der Waals surface area contributed by atoms with Crippen LogP contribution in [0.25, 0.3) is 22.3 Å². The summed E-state index contributed by atoms with van der Waals surface area (Å²) in [6, 6.07) is 18.1. The number of aryl methyl sites for hydroxylation is 1. The number of hydrogen-bond acceptors (Lipinski definition) is 6. The van der Waals surface area contributed by atoms with Crippen LogP contribution in [0.4, 0.5) is 11.5 Å². The number of rotatable bonds is 4. The van der Waals surface area contributed by atoms with Gasteiger partial charge in [0.1, 0.15) is 11.6 Å². The van der Waals surface area contributed by atoms with Gasteiger partial charge in [-0.25, -0.2) is 9.97 Å². The highest BCUT2D eigenvalue weighted by atomic mass is 16.2. The number of amides is 2. The molecule has 0 fully saturated rings. The first-order chi connectivity index (χ1) is 14.1. The Kier molecular flexibility index (Phi) is 4.85. The van der Waals surface area contributed by atoms with Crippen molar-refractivity contribution in [1.29, 1.82) is 0 Å². The molecule has 2 aromatic carbocycles. The van der Waals surface area contributed by atoms with E-state index in [4.69, 9.17) is 0 Å². The van der Waals surface area contributed by atoms with Crippen molar-refractivity contribution < 1.29 is 9.59 Å². The molecule has 0 aliphatic carbocycles. The molecule has 0 radical (unpaired) electrons. The van der Waals surface area contributed by atoms with E-state index in [0.717, 1.165) is 10.9 Å². The third-order valence-corrected chi connectivity index (χ3v) is 4.08. The first kappa shape index (κ1) is 18.1. The quantitative estimate of drug-likeness (QED) is 0.315.